The Hall–Kier alpha value is -0.610. The molecule has 0 radical (unpaired) electrons. The highest BCUT2D eigenvalue weighted by Crippen LogP contribution is 2.27. The van der Waals surface area contributed by atoms with Crippen LogP contribution in [0.5, 0.6) is 0 Å². The lowest BCUT2D eigenvalue weighted by Crippen LogP contribution is -2.53. The van der Waals surface area contributed by atoms with Gasteiger partial charge in [-0.1, -0.05) is 12.8 Å². The molecule has 4 heteroatoms. The van der Waals surface area contributed by atoms with E-state index >= 15 is 0 Å². The summed E-state index contributed by atoms with van der Waals surface area (Å²) < 4.78 is 5.27. The maximum Gasteiger partial charge on any atom is 0.326 e. The number of esters is 1. The zero-order chi connectivity index (χ0) is 14.6. The largest absolute Gasteiger partial charge is 0.465 e. The van der Waals surface area contributed by atoms with Gasteiger partial charge in [-0.25, -0.2) is 0 Å². The topological polar surface area (TPSA) is 41.6 Å². The number of carbonyl (C=O) groups excluding carboxylic acids is 1. The van der Waals surface area contributed by atoms with Gasteiger partial charge in [0.1, 0.15) is 5.54 Å². The Kier molecular flexibility index (Phi) is 5.44. The van der Waals surface area contributed by atoms with Crippen LogP contribution in [0.3, 0.4) is 0 Å². The van der Waals surface area contributed by atoms with E-state index in [9.17, 15) is 4.79 Å². The van der Waals surface area contributed by atoms with E-state index in [1.165, 1.54) is 38.5 Å². The second kappa shape index (κ2) is 6.90. The minimum absolute atomic E-state index is 0.0910. The molecule has 0 amide bonds. The lowest BCUT2D eigenvalue weighted by molar-refractivity contribution is -0.151. The molecule has 0 aromatic carbocycles. The van der Waals surface area contributed by atoms with Gasteiger partial charge in [0.2, 0.25) is 0 Å². The SMILES string of the molecule is CCOC(=O)C(C)(CCN(C)C1CCCC1)NC1CC1. The maximum atomic E-state index is 12.3. The summed E-state index contributed by atoms with van der Waals surface area (Å²) in [5.41, 5.74) is -0.524. The summed E-state index contributed by atoms with van der Waals surface area (Å²) in [6.45, 7) is 5.30. The summed E-state index contributed by atoms with van der Waals surface area (Å²) in [4.78, 5) is 14.7. The van der Waals surface area contributed by atoms with Crippen LogP contribution in [0.4, 0.5) is 0 Å². The van der Waals surface area contributed by atoms with Crippen LogP contribution in [0.2, 0.25) is 0 Å². The normalized spacial score (nSPS) is 23.0. The average Bonchev–Trinajstić information content (AvgIpc) is 3.06. The van der Waals surface area contributed by atoms with Crippen LogP contribution in [-0.4, -0.2) is 48.7 Å². The summed E-state index contributed by atoms with van der Waals surface area (Å²) in [7, 11) is 2.19. The van der Waals surface area contributed by atoms with Crippen molar-refractivity contribution in [3.8, 4) is 0 Å². The number of ether oxygens (including phenoxy) is 1. The van der Waals surface area contributed by atoms with Crippen molar-refractivity contribution in [3.05, 3.63) is 0 Å². The predicted molar refractivity (Wildman–Crippen MR) is 80.7 cm³/mol. The zero-order valence-corrected chi connectivity index (χ0v) is 13.3. The fraction of sp³-hybridized carbons (Fsp3) is 0.938. The van der Waals surface area contributed by atoms with Crippen LogP contribution < -0.4 is 5.32 Å². The minimum Gasteiger partial charge on any atom is -0.465 e. The third-order valence-corrected chi connectivity index (χ3v) is 4.74. The van der Waals surface area contributed by atoms with Crippen molar-refractivity contribution >= 4 is 5.97 Å². The standard InChI is InChI=1S/C16H30N2O2/c1-4-20-15(19)16(2,17-13-9-10-13)11-12-18(3)14-7-5-6-8-14/h13-14,17H,4-12H2,1-3H3. The zero-order valence-electron chi connectivity index (χ0n) is 13.3. The number of hydrogen-bond donors (Lipinski definition) is 1. The third-order valence-electron chi connectivity index (χ3n) is 4.74. The summed E-state index contributed by atoms with van der Waals surface area (Å²) in [6, 6.07) is 1.23. The molecule has 4 nitrogen and oxygen atoms in total. The number of rotatable bonds is 8. The molecule has 1 atom stereocenters. The Bertz CT molecular complexity index is 324. The highest BCUT2D eigenvalue weighted by molar-refractivity contribution is 5.80. The maximum absolute atomic E-state index is 12.3. The first-order valence-corrected chi connectivity index (χ1v) is 8.20. The molecular weight excluding hydrogens is 252 g/mol. The molecule has 2 aliphatic rings. The minimum atomic E-state index is -0.524. The third kappa shape index (κ3) is 4.19. The molecule has 0 bridgehead atoms. The second-order valence-corrected chi connectivity index (χ2v) is 6.64. The van der Waals surface area contributed by atoms with Crippen molar-refractivity contribution in [2.24, 2.45) is 0 Å². The molecular formula is C16H30N2O2. The van der Waals surface area contributed by atoms with Crippen LogP contribution in [0.25, 0.3) is 0 Å². The summed E-state index contributed by atoms with van der Waals surface area (Å²) in [6.07, 6.45) is 8.52. The smallest absolute Gasteiger partial charge is 0.326 e. The van der Waals surface area contributed by atoms with Crippen molar-refractivity contribution in [1.29, 1.82) is 0 Å². The molecule has 0 saturated heterocycles. The van der Waals surface area contributed by atoms with Gasteiger partial charge in [-0.15, -0.1) is 0 Å². The van der Waals surface area contributed by atoms with Crippen LogP contribution in [-0.2, 0) is 9.53 Å². The van der Waals surface area contributed by atoms with Gasteiger partial charge >= 0.3 is 5.97 Å². The van der Waals surface area contributed by atoms with Gasteiger partial charge in [0.25, 0.3) is 0 Å². The summed E-state index contributed by atoms with van der Waals surface area (Å²) in [5.74, 6) is -0.0910. The van der Waals surface area contributed by atoms with E-state index in [4.69, 9.17) is 4.74 Å². The Morgan fingerprint density at radius 1 is 1.30 bits per heavy atom. The molecule has 0 heterocycles. The highest BCUT2D eigenvalue weighted by atomic mass is 16.5. The molecule has 1 unspecified atom stereocenters. The first-order valence-electron chi connectivity index (χ1n) is 8.20. The average molecular weight is 282 g/mol. The molecule has 0 aromatic rings. The molecule has 2 saturated carbocycles. The Balaban J connectivity index is 1.87. The van der Waals surface area contributed by atoms with E-state index in [0.717, 1.165) is 13.0 Å². The number of carbonyl (C=O) groups is 1. The van der Waals surface area contributed by atoms with E-state index in [2.05, 4.69) is 17.3 Å². The molecule has 0 spiro atoms. The van der Waals surface area contributed by atoms with Gasteiger partial charge in [0.05, 0.1) is 6.61 Å². The van der Waals surface area contributed by atoms with Gasteiger partial charge in [0, 0.05) is 18.6 Å². The molecule has 0 aromatic heterocycles. The lowest BCUT2D eigenvalue weighted by Gasteiger charge is -2.32. The Morgan fingerprint density at radius 3 is 2.50 bits per heavy atom. The van der Waals surface area contributed by atoms with E-state index in [1.807, 2.05) is 13.8 Å². The lowest BCUT2D eigenvalue weighted by atomic mass is 9.96. The van der Waals surface area contributed by atoms with Crippen molar-refractivity contribution in [3.63, 3.8) is 0 Å². The molecule has 1 N–H and O–H groups in total. The molecule has 20 heavy (non-hydrogen) atoms. The summed E-state index contributed by atoms with van der Waals surface area (Å²) in [5, 5.41) is 3.50. The molecule has 2 fully saturated rings. The van der Waals surface area contributed by atoms with Gasteiger partial charge in [-0.05, 0) is 53.0 Å². The van der Waals surface area contributed by atoms with Crippen molar-refractivity contribution < 1.29 is 9.53 Å². The van der Waals surface area contributed by atoms with Gasteiger partial charge < -0.3 is 9.64 Å². The van der Waals surface area contributed by atoms with E-state index in [1.54, 1.807) is 0 Å². The second-order valence-electron chi connectivity index (χ2n) is 6.64. The van der Waals surface area contributed by atoms with E-state index in [-0.39, 0.29) is 5.97 Å². The number of hydrogen-bond acceptors (Lipinski definition) is 4. The first-order chi connectivity index (χ1) is 9.55. The predicted octanol–water partition coefficient (Wildman–Crippen LogP) is 2.32. The van der Waals surface area contributed by atoms with Gasteiger partial charge in [-0.2, -0.15) is 0 Å². The van der Waals surface area contributed by atoms with Gasteiger partial charge in [0.15, 0.2) is 0 Å². The molecule has 116 valence electrons. The fourth-order valence-electron chi connectivity index (χ4n) is 3.13. The van der Waals surface area contributed by atoms with Crippen molar-refractivity contribution in [1.82, 2.24) is 10.2 Å². The molecule has 2 aliphatic carbocycles. The number of nitrogens with zero attached hydrogens (tertiary/aromatic N) is 1. The van der Waals surface area contributed by atoms with E-state index < -0.39 is 5.54 Å². The molecule has 2 rings (SSSR count). The van der Waals surface area contributed by atoms with E-state index in [0.29, 0.717) is 18.7 Å². The van der Waals surface area contributed by atoms with Crippen molar-refractivity contribution in [2.75, 3.05) is 20.2 Å². The summed E-state index contributed by atoms with van der Waals surface area (Å²) >= 11 is 0. The van der Waals surface area contributed by atoms with Crippen LogP contribution in [0, 0.1) is 0 Å². The Morgan fingerprint density at radius 2 is 1.95 bits per heavy atom. The highest BCUT2D eigenvalue weighted by Gasteiger charge is 2.39. The first kappa shape index (κ1) is 15.8. The Labute approximate surface area is 123 Å². The van der Waals surface area contributed by atoms with Crippen molar-refractivity contribution in [2.45, 2.75) is 76.4 Å². The molecule has 0 aliphatic heterocycles. The van der Waals surface area contributed by atoms with Crippen LogP contribution >= 0.6 is 0 Å². The van der Waals surface area contributed by atoms with Gasteiger partial charge in [-0.3, -0.25) is 10.1 Å². The monoisotopic (exact) mass is 282 g/mol. The van der Waals surface area contributed by atoms with Crippen LogP contribution in [0.15, 0.2) is 0 Å². The quantitative estimate of drug-likeness (QED) is 0.694. The number of nitrogens with one attached hydrogen (secondary N) is 1. The fourth-order valence-corrected chi connectivity index (χ4v) is 3.13. The van der Waals surface area contributed by atoms with Crippen LogP contribution in [0.1, 0.15) is 58.8 Å².